The van der Waals surface area contributed by atoms with Gasteiger partial charge in [-0.05, 0) is 53.5 Å². The first-order valence-corrected chi connectivity index (χ1v) is 8.21. The van der Waals surface area contributed by atoms with Gasteiger partial charge in [0.1, 0.15) is 11.4 Å². The second kappa shape index (κ2) is 6.43. The van der Waals surface area contributed by atoms with Gasteiger partial charge in [-0.1, -0.05) is 12.1 Å². The molecule has 116 valence electrons. The van der Waals surface area contributed by atoms with Crippen LogP contribution < -0.4 is 4.74 Å². The van der Waals surface area contributed by atoms with E-state index < -0.39 is 0 Å². The number of benzene rings is 1. The van der Waals surface area contributed by atoms with Gasteiger partial charge in [0, 0.05) is 16.2 Å². The van der Waals surface area contributed by atoms with Crippen molar-refractivity contribution in [2.24, 2.45) is 0 Å². The molecular weight excluding hydrogens is 354 g/mol. The molecule has 4 nitrogen and oxygen atoms in total. The number of fused-ring (bicyclic) bond motifs is 1. The molecule has 0 saturated carbocycles. The molecular formula is C18H16BrN3O. The van der Waals surface area contributed by atoms with Crippen molar-refractivity contribution in [1.82, 2.24) is 9.38 Å². The molecule has 0 radical (unpaired) electrons. The monoisotopic (exact) mass is 369 g/mol. The molecule has 3 rings (SSSR count). The molecule has 0 saturated heterocycles. The minimum atomic E-state index is 0.285. The van der Waals surface area contributed by atoms with Crippen LogP contribution in [0.25, 0.3) is 16.9 Å². The van der Waals surface area contributed by atoms with Crippen molar-refractivity contribution < 1.29 is 4.74 Å². The van der Waals surface area contributed by atoms with E-state index in [-0.39, 0.29) is 6.42 Å². The Balaban J connectivity index is 2.32. The third kappa shape index (κ3) is 2.82. The minimum Gasteiger partial charge on any atom is -0.493 e. The zero-order chi connectivity index (χ0) is 16.4. The lowest BCUT2D eigenvalue weighted by atomic mass is 10.1. The van der Waals surface area contributed by atoms with Crippen molar-refractivity contribution in [1.29, 1.82) is 5.26 Å². The summed E-state index contributed by atoms with van der Waals surface area (Å²) in [6.45, 7) is 4.56. The van der Waals surface area contributed by atoms with Crippen molar-refractivity contribution in [3.05, 3.63) is 52.3 Å². The van der Waals surface area contributed by atoms with Gasteiger partial charge in [0.25, 0.3) is 0 Å². The van der Waals surface area contributed by atoms with Gasteiger partial charge in [-0.15, -0.1) is 0 Å². The number of halogens is 1. The summed E-state index contributed by atoms with van der Waals surface area (Å²) < 4.78 is 8.68. The van der Waals surface area contributed by atoms with Crippen LogP contribution in [0.3, 0.4) is 0 Å². The number of hydrogen-bond donors (Lipinski definition) is 0. The second-order valence-corrected chi connectivity index (χ2v) is 6.12. The van der Waals surface area contributed by atoms with Crippen LogP contribution in [0.15, 0.2) is 41.0 Å². The van der Waals surface area contributed by atoms with Gasteiger partial charge >= 0.3 is 0 Å². The molecule has 0 aliphatic rings. The Morgan fingerprint density at radius 2 is 2.13 bits per heavy atom. The molecule has 23 heavy (non-hydrogen) atoms. The average Bonchev–Trinajstić information content (AvgIpc) is 2.88. The maximum atomic E-state index is 9.25. The van der Waals surface area contributed by atoms with E-state index in [2.05, 4.69) is 22.0 Å². The van der Waals surface area contributed by atoms with E-state index in [9.17, 15) is 5.26 Å². The molecule has 1 aromatic carbocycles. The summed E-state index contributed by atoms with van der Waals surface area (Å²) in [7, 11) is 0. The number of aromatic nitrogens is 2. The van der Waals surface area contributed by atoms with Crippen molar-refractivity contribution >= 4 is 21.6 Å². The zero-order valence-electron chi connectivity index (χ0n) is 13.0. The molecule has 0 spiro atoms. The van der Waals surface area contributed by atoms with Crippen molar-refractivity contribution in [3.63, 3.8) is 0 Å². The Labute approximate surface area is 143 Å². The average molecular weight is 370 g/mol. The second-order valence-electron chi connectivity index (χ2n) is 5.21. The molecule has 0 bridgehead atoms. The molecule has 0 unspecified atom stereocenters. The van der Waals surface area contributed by atoms with Gasteiger partial charge in [0.05, 0.1) is 30.5 Å². The molecule has 0 amide bonds. The first-order valence-electron chi connectivity index (χ1n) is 7.42. The normalized spacial score (nSPS) is 10.7. The fourth-order valence-corrected chi connectivity index (χ4v) is 3.27. The number of hydrogen-bond acceptors (Lipinski definition) is 3. The van der Waals surface area contributed by atoms with Gasteiger partial charge in [0.2, 0.25) is 0 Å². The van der Waals surface area contributed by atoms with E-state index in [1.165, 1.54) is 0 Å². The van der Waals surface area contributed by atoms with Crippen molar-refractivity contribution in [3.8, 4) is 23.1 Å². The lowest BCUT2D eigenvalue weighted by Crippen LogP contribution is -1.97. The quantitative estimate of drug-likeness (QED) is 0.678. The number of imidazole rings is 1. The van der Waals surface area contributed by atoms with E-state index in [4.69, 9.17) is 9.72 Å². The molecule has 2 heterocycles. The fourth-order valence-electron chi connectivity index (χ4n) is 2.72. The summed E-state index contributed by atoms with van der Waals surface area (Å²) in [5.74, 6) is 0.786. The Morgan fingerprint density at radius 1 is 1.35 bits per heavy atom. The zero-order valence-corrected chi connectivity index (χ0v) is 14.6. The Hall–Kier alpha value is -2.32. The summed E-state index contributed by atoms with van der Waals surface area (Å²) in [6.07, 6.45) is 2.24. The van der Waals surface area contributed by atoms with Gasteiger partial charge < -0.3 is 9.14 Å². The molecule has 2 aromatic heterocycles. The predicted octanol–water partition coefficient (Wildman–Crippen LogP) is 4.54. The van der Waals surface area contributed by atoms with Crippen LogP contribution in [-0.2, 0) is 6.42 Å². The van der Waals surface area contributed by atoms with Crippen LogP contribution in [0, 0.1) is 18.3 Å². The van der Waals surface area contributed by atoms with Crippen LogP contribution in [0.4, 0.5) is 0 Å². The van der Waals surface area contributed by atoms with Crippen molar-refractivity contribution in [2.45, 2.75) is 20.3 Å². The van der Waals surface area contributed by atoms with Gasteiger partial charge in [0.15, 0.2) is 0 Å². The Kier molecular flexibility index (Phi) is 4.35. The van der Waals surface area contributed by atoms with Gasteiger partial charge in [-0.3, -0.25) is 0 Å². The van der Waals surface area contributed by atoms with E-state index in [0.29, 0.717) is 6.61 Å². The minimum absolute atomic E-state index is 0.285. The highest BCUT2D eigenvalue weighted by Gasteiger charge is 2.18. The number of aryl methyl sites for hydroxylation is 1. The topological polar surface area (TPSA) is 50.3 Å². The first kappa shape index (κ1) is 15.6. The number of ether oxygens (including phenoxy) is 1. The summed E-state index contributed by atoms with van der Waals surface area (Å²) >= 11 is 3.52. The highest BCUT2D eigenvalue weighted by Crippen LogP contribution is 2.33. The maximum Gasteiger partial charge on any atom is 0.140 e. The molecule has 0 atom stereocenters. The van der Waals surface area contributed by atoms with Gasteiger partial charge in [-0.2, -0.15) is 5.26 Å². The number of pyridine rings is 1. The summed E-state index contributed by atoms with van der Waals surface area (Å²) in [5.41, 5.74) is 4.51. The molecule has 0 aliphatic carbocycles. The first-order chi connectivity index (χ1) is 11.2. The van der Waals surface area contributed by atoms with Crippen LogP contribution in [0.2, 0.25) is 0 Å². The Bertz CT molecular complexity index is 909. The Morgan fingerprint density at radius 3 is 2.87 bits per heavy atom. The van der Waals surface area contributed by atoms with Crippen LogP contribution in [0.5, 0.6) is 5.75 Å². The lowest BCUT2D eigenvalue weighted by Gasteiger charge is -2.09. The summed E-state index contributed by atoms with van der Waals surface area (Å²) in [6, 6.07) is 12.1. The highest BCUT2D eigenvalue weighted by molar-refractivity contribution is 9.10. The molecule has 0 fully saturated rings. The number of para-hydroxylation sites is 1. The fraction of sp³-hybridized carbons (Fsp3) is 0.222. The predicted molar refractivity (Wildman–Crippen MR) is 93.6 cm³/mol. The number of nitrogens with zero attached hydrogens (tertiary/aromatic N) is 3. The standard InChI is InChI=1S/C18H16BrN3O/c1-3-23-16-7-5-4-6-14(16)17-15(8-9-20)22-11-13(19)10-12(2)18(22)21-17/h4-7,10-11H,3,8H2,1-2H3. The third-order valence-electron chi connectivity index (χ3n) is 3.66. The molecule has 5 heteroatoms. The molecule has 0 N–H and O–H groups in total. The highest BCUT2D eigenvalue weighted by atomic mass is 79.9. The van der Waals surface area contributed by atoms with Crippen LogP contribution in [-0.4, -0.2) is 16.0 Å². The van der Waals surface area contributed by atoms with Crippen LogP contribution in [0.1, 0.15) is 18.2 Å². The maximum absolute atomic E-state index is 9.25. The number of nitriles is 1. The summed E-state index contributed by atoms with van der Waals surface area (Å²) in [4.78, 5) is 4.80. The largest absolute Gasteiger partial charge is 0.493 e. The van der Waals surface area contributed by atoms with Crippen molar-refractivity contribution in [2.75, 3.05) is 6.61 Å². The van der Waals surface area contributed by atoms with Crippen LogP contribution >= 0.6 is 15.9 Å². The lowest BCUT2D eigenvalue weighted by molar-refractivity contribution is 0.341. The smallest absolute Gasteiger partial charge is 0.140 e. The van der Waals surface area contributed by atoms with E-state index in [1.54, 1.807) is 0 Å². The van der Waals surface area contributed by atoms with Gasteiger partial charge in [-0.25, -0.2) is 4.98 Å². The third-order valence-corrected chi connectivity index (χ3v) is 4.09. The molecule has 0 aliphatic heterocycles. The number of rotatable bonds is 4. The summed E-state index contributed by atoms with van der Waals surface area (Å²) in [5, 5.41) is 9.25. The van der Waals surface area contributed by atoms with E-state index >= 15 is 0 Å². The SMILES string of the molecule is CCOc1ccccc1-c1nc2c(C)cc(Br)cn2c1CC#N. The molecule has 3 aromatic rings. The van der Waals surface area contributed by atoms with E-state index in [0.717, 1.165) is 38.4 Å². The van der Waals surface area contributed by atoms with E-state index in [1.807, 2.05) is 54.8 Å².